The molecular formula is C13H24N2. The lowest BCUT2D eigenvalue weighted by molar-refractivity contribution is 0.110. The molecule has 3 fully saturated rings. The number of nitrogens with one attached hydrogen (secondary N) is 1. The van der Waals surface area contributed by atoms with Gasteiger partial charge in [0, 0.05) is 24.7 Å². The Balaban J connectivity index is 1.56. The molecule has 3 aliphatic rings. The van der Waals surface area contributed by atoms with Crippen molar-refractivity contribution in [2.45, 2.75) is 63.1 Å². The van der Waals surface area contributed by atoms with Crippen LogP contribution in [0.5, 0.6) is 0 Å². The Labute approximate surface area is 93.4 Å². The largest absolute Gasteiger partial charge is 0.317 e. The maximum atomic E-state index is 3.43. The van der Waals surface area contributed by atoms with Gasteiger partial charge in [-0.05, 0) is 57.9 Å². The van der Waals surface area contributed by atoms with Gasteiger partial charge in [-0.2, -0.15) is 0 Å². The molecule has 86 valence electrons. The standard InChI is InChI=1S/C13H24N2/c1-14-11-3-6-12(7-4-11)15-9-10-2-5-13(15)8-10/h10-14H,2-9H2,1H3. The number of hydrogen-bond acceptors (Lipinski definition) is 2. The van der Waals surface area contributed by atoms with Crippen molar-refractivity contribution in [3.63, 3.8) is 0 Å². The highest BCUT2D eigenvalue weighted by molar-refractivity contribution is 4.96. The van der Waals surface area contributed by atoms with E-state index in [9.17, 15) is 0 Å². The van der Waals surface area contributed by atoms with E-state index in [1.54, 1.807) is 0 Å². The molecule has 0 amide bonds. The van der Waals surface area contributed by atoms with Crippen molar-refractivity contribution in [2.24, 2.45) is 5.92 Å². The monoisotopic (exact) mass is 208 g/mol. The van der Waals surface area contributed by atoms with Gasteiger partial charge in [0.15, 0.2) is 0 Å². The minimum absolute atomic E-state index is 0.807. The topological polar surface area (TPSA) is 15.3 Å². The maximum absolute atomic E-state index is 3.43. The zero-order valence-electron chi connectivity index (χ0n) is 9.91. The predicted octanol–water partition coefficient (Wildman–Crippen LogP) is 2.00. The number of piperidine rings is 1. The van der Waals surface area contributed by atoms with Gasteiger partial charge in [0.2, 0.25) is 0 Å². The molecule has 1 heterocycles. The number of likely N-dealkylation sites (tertiary alicyclic amines) is 1. The van der Waals surface area contributed by atoms with Gasteiger partial charge in [0.05, 0.1) is 0 Å². The first kappa shape index (κ1) is 10.1. The summed E-state index contributed by atoms with van der Waals surface area (Å²) >= 11 is 0. The lowest BCUT2D eigenvalue weighted by atomic mass is 9.89. The van der Waals surface area contributed by atoms with E-state index in [1.165, 1.54) is 51.5 Å². The van der Waals surface area contributed by atoms with Gasteiger partial charge in [-0.3, -0.25) is 4.90 Å². The van der Waals surface area contributed by atoms with Gasteiger partial charge in [0.1, 0.15) is 0 Å². The van der Waals surface area contributed by atoms with Gasteiger partial charge < -0.3 is 5.32 Å². The molecule has 1 saturated heterocycles. The van der Waals surface area contributed by atoms with Crippen molar-refractivity contribution in [3.05, 3.63) is 0 Å². The van der Waals surface area contributed by atoms with Gasteiger partial charge in [-0.15, -0.1) is 0 Å². The van der Waals surface area contributed by atoms with Crippen LogP contribution >= 0.6 is 0 Å². The molecule has 0 spiro atoms. The second-order valence-corrected chi connectivity index (χ2v) is 5.82. The quantitative estimate of drug-likeness (QED) is 0.746. The Hall–Kier alpha value is -0.0800. The molecule has 0 aromatic heterocycles. The molecule has 2 aliphatic carbocycles. The van der Waals surface area contributed by atoms with Crippen molar-refractivity contribution in [2.75, 3.05) is 13.6 Å². The molecule has 0 aromatic carbocycles. The molecule has 2 heteroatoms. The molecule has 2 saturated carbocycles. The van der Waals surface area contributed by atoms with Crippen LogP contribution in [-0.2, 0) is 0 Å². The summed E-state index contributed by atoms with van der Waals surface area (Å²) in [5, 5.41) is 3.43. The fraction of sp³-hybridized carbons (Fsp3) is 1.00. The number of nitrogens with zero attached hydrogens (tertiary/aromatic N) is 1. The Bertz CT molecular complexity index is 221. The van der Waals surface area contributed by atoms with Crippen molar-refractivity contribution in [1.82, 2.24) is 10.2 Å². The second kappa shape index (κ2) is 4.06. The van der Waals surface area contributed by atoms with Crippen LogP contribution in [0.4, 0.5) is 0 Å². The number of hydrogen-bond donors (Lipinski definition) is 1. The van der Waals surface area contributed by atoms with Crippen LogP contribution < -0.4 is 5.32 Å². The summed E-state index contributed by atoms with van der Waals surface area (Å²) in [5.74, 6) is 1.07. The molecule has 1 aliphatic heterocycles. The summed E-state index contributed by atoms with van der Waals surface area (Å²) in [6.45, 7) is 1.43. The van der Waals surface area contributed by atoms with E-state index in [4.69, 9.17) is 0 Å². The minimum atomic E-state index is 0.807. The van der Waals surface area contributed by atoms with Crippen molar-refractivity contribution < 1.29 is 0 Å². The third kappa shape index (κ3) is 1.83. The fourth-order valence-corrected chi connectivity index (χ4v) is 4.11. The summed E-state index contributed by atoms with van der Waals surface area (Å²) in [6, 6.07) is 2.72. The molecule has 0 aromatic rings. The highest BCUT2D eigenvalue weighted by atomic mass is 15.2. The Morgan fingerprint density at radius 2 is 1.67 bits per heavy atom. The van der Waals surface area contributed by atoms with Gasteiger partial charge in [-0.25, -0.2) is 0 Å². The van der Waals surface area contributed by atoms with Crippen LogP contribution in [0.2, 0.25) is 0 Å². The number of fused-ring (bicyclic) bond motifs is 2. The summed E-state index contributed by atoms with van der Waals surface area (Å²) in [4.78, 5) is 2.86. The molecular weight excluding hydrogens is 184 g/mol. The van der Waals surface area contributed by atoms with Crippen LogP contribution in [-0.4, -0.2) is 36.6 Å². The number of rotatable bonds is 2. The van der Waals surface area contributed by atoms with Crippen LogP contribution in [0, 0.1) is 5.92 Å². The molecule has 2 bridgehead atoms. The zero-order valence-corrected chi connectivity index (χ0v) is 9.91. The molecule has 2 unspecified atom stereocenters. The smallest absolute Gasteiger partial charge is 0.0101 e. The summed E-state index contributed by atoms with van der Waals surface area (Å²) in [7, 11) is 2.11. The van der Waals surface area contributed by atoms with Crippen LogP contribution in [0.1, 0.15) is 44.9 Å². The van der Waals surface area contributed by atoms with Crippen molar-refractivity contribution in [3.8, 4) is 0 Å². The molecule has 2 nitrogen and oxygen atoms in total. The maximum Gasteiger partial charge on any atom is 0.0101 e. The molecule has 3 rings (SSSR count). The molecule has 2 atom stereocenters. The first-order chi connectivity index (χ1) is 7.36. The van der Waals surface area contributed by atoms with Gasteiger partial charge in [0.25, 0.3) is 0 Å². The second-order valence-electron chi connectivity index (χ2n) is 5.82. The minimum Gasteiger partial charge on any atom is -0.317 e. The van der Waals surface area contributed by atoms with E-state index in [0.717, 1.165) is 24.0 Å². The third-order valence-corrected chi connectivity index (χ3v) is 5.03. The summed E-state index contributed by atoms with van der Waals surface area (Å²) < 4.78 is 0. The average molecular weight is 208 g/mol. The molecule has 0 radical (unpaired) electrons. The SMILES string of the molecule is CNC1CCC(N2CC3CCC2C3)CC1. The summed E-state index contributed by atoms with van der Waals surface area (Å²) in [5.41, 5.74) is 0. The highest BCUT2D eigenvalue weighted by Gasteiger charge is 2.41. The van der Waals surface area contributed by atoms with Crippen molar-refractivity contribution in [1.29, 1.82) is 0 Å². The van der Waals surface area contributed by atoms with E-state index in [1.807, 2.05) is 0 Å². The molecule has 15 heavy (non-hydrogen) atoms. The van der Waals surface area contributed by atoms with Crippen molar-refractivity contribution >= 4 is 0 Å². The van der Waals surface area contributed by atoms with Crippen LogP contribution in [0.3, 0.4) is 0 Å². The Morgan fingerprint density at radius 1 is 0.933 bits per heavy atom. The molecule has 1 N–H and O–H groups in total. The Kier molecular flexibility index (Phi) is 2.73. The van der Waals surface area contributed by atoms with E-state index in [2.05, 4.69) is 17.3 Å². The van der Waals surface area contributed by atoms with E-state index in [0.29, 0.717) is 0 Å². The van der Waals surface area contributed by atoms with Gasteiger partial charge in [-0.1, -0.05) is 0 Å². The lowest BCUT2D eigenvalue weighted by Gasteiger charge is -2.39. The normalized spacial score (nSPS) is 46.2. The third-order valence-electron chi connectivity index (χ3n) is 5.03. The fourth-order valence-electron chi connectivity index (χ4n) is 4.11. The average Bonchev–Trinajstić information content (AvgIpc) is 2.91. The first-order valence-electron chi connectivity index (χ1n) is 6.80. The first-order valence-corrected chi connectivity index (χ1v) is 6.80. The van der Waals surface area contributed by atoms with Gasteiger partial charge >= 0.3 is 0 Å². The van der Waals surface area contributed by atoms with Crippen LogP contribution in [0.15, 0.2) is 0 Å². The Morgan fingerprint density at radius 3 is 2.20 bits per heavy atom. The lowest BCUT2D eigenvalue weighted by Crippen LogP contribution is -2.45. The predicted molar refractivity (Wildman–Crippen MR) is 62.9 cm³/mol. The van der Waals surface area contributed by atoms with E-state index < -0.39 is 0 Å². The van der Waals surface area contributed by atoms with Crippen LogP contribution in [0.25, 0.3) is 0 Å². The highest BCUT2D eigenvalue weighted by Crippen LogP contribution is 2.40. The van der Waals surface area contributed by atoms with E-state index >= 15 is 0 Å². The summed E-state index contributed by atoms with van der Waals surface area (Å²) in [6.07, 6.45) is 10.2. The van der Waals surface area contributed by atoms with E-state index in [-0.39, 0.29) is 0 Å². The zero-order chi connectivity index (χ0) is 10.3.